The predicted molar refractivity (Wildman–Crippen MR) is 180 cm³/mol. The van der Waals surface area contributed by atoms with Gasteiger partial charge in [-0.3, -0.25) is 24.1 Å². The average Bonchev–Trinajstić information content (AvgIpc) is 3.36. The zero-order valence-electron chi connectivity index (χ0n) is 28.7. The van der Waals surface area contributed by atoms with Crippen LogP contribution >= 0.6 is 0 Å². The second-order valence-electron chi connectivity index (χ2n) is 10.4. The summed E-state index contributed by atoms with van der Waals surface area (Å²) in [5.41, 5.74) is 11.1. The Balaban J connectivity index is 0. The first kappa shape index (κ1) is 44.6. The second-order valence-corrected chi connectivity index (χ2v) is 10.4. The summed E-state index contributed by atoms with van der Waals surface area (Å²) < 4.78 is 4.63. The number of aldehydes is 1. The number of likely N-dealkylation sites (tertiary alicyclic amines) is 1. The van der Waals surface area contributed by atoms with Gasteiger partial charge in [0.25, 0.3) is 0 Å². The fourth-order valence-electron chi connectivity index (χ4n) is 3.67. The molecule has 1 saturated heterocycles. The van der Waals surface area contributed by atoms with Gasteiger partial charge in [-0.2, -0.15) is 0 Å². The molecule has 1 fully saturated rings. The summed E-state index contributed by atoms with van der Waals surface area (Å²) in [5, 5.41) is 10.6. The van der Waals surface area contributed by atoms with E-state index in [1.54, 1.807) is 31.3 Å². The van der Waals surface area contributed by atoms with Gasteiger partial charge in [-0.25, -0.2) is 9.59 Å². The standard InChI is InChI=1S/C15H24N2O4.C11H15N3O3.C4H10N2O.C2H6/c1-11(2)12(10-18)16-13(19)6-4-3-5-9-17-14(20)7-8-15(17)21;1-13-6-10(15)14-9-4-2-8(3-5-9)7-17-11(12)16;1-2-3-6-4(5)7;1-2/h10-12H,3-9H2,1-2H3,(H,16,19);2-5,13H,6-7H2,1H3,(H2,12,16)(H,14,15);2-3H2,1H3,(H3,5,6,7);1-2H3. The van der Waals surface area contributed by atoms with Crippen LogP contribution in [0.1, 0.15) is 85.1 Å². The molecule has 0 spiro atoms. The van der Waals surface area contributed by atoms with E-state index in [0.717, 1.165) is 24.7 Å². The Morgan fingerprint density at radius 2 is 1.55 bits per heavy atom. The summed E-state index contributed by atoms with van der Waals surface area (Å²) in [4.78, 5) is 78.0. The maximum Gasteiger partial charge on any atom is 0.404 e. The first-order valence-electron chi connectivity index (χ1n) is 15.9. The number of nitrogens with zero attached hydrogens (tertiary/aromatic N) is 1. The lowest BCUT2D eigenvalue weighted by Crippen LogP contribution is -2.39. The van der Waals surface area contributed by atoms with Crippen LogP contribution in [0.4, 0.5) is 15.3 Å². The van der Waals surface area contributed by atoms with Gasteiger partial charge in [-0.05, 0) is 49.9 Å². The Bertz CT molecular complexity index is 1080. The third-order valence-corrected chi connectivity index (χ3v) is 6.14. The van der Waals surface area contributed by atoms with Crippen LogP contribution in [-0.4, -0.2) is 79.7 Å². The van der Waals surface area contributed by atoms with E-state index in [2.05, 4.69) is 26.0 Å². The minimum Gasteiger partial charge on any atom is -0.445 e. The predicted octanol–water partition coefficient (Wildman–Crippen LogP) is 2.57. The summed E-state index contributed by atoms with van der Waals surface area (Å²) in [5.74, 6) is -0.353. The van der Waals surface area contributed by atoms with Crippen molar-refractivity contribution in [1.82, 2.24) is 20.9 Å². The van der Waals surface area contributed by atoms with Crippen LogP contribution in [0.5, 0.6) is 0 Å². The molecule has 2 rings (SSSR count). The number of nitrogens with two attached hydrogens (primary N) is 2. The molecule has 1 aliphatic heterocycles. The molecule has 0 aliphatic carbocycles. The molecule has 8 N–H and O–H groups in total. The lowest BCUT2D eigenvalue weighted by atomic mass is 10.1. The molecule has 1 aliphatic rings. The van der Waals surface area contributed by atoms with E-state index in [1.807, 2.05) is 34.6 Å². The minimum absolute atomic E-state index is 0.0821. The molecule has 0 aromatic heterocycles. The quantitative estimate of drug-likeness (QED) is 0.0864. The molecular formula is C32H55N7O8. The maximum atomic E-state index is 11.7. The number of carbonyl (C=O) groups excluding carboxylic acids is 7. The van der Waals surface area contributed by atoms with Gasteiger partial charge in [-0.1, -0.05) is 53.2 Å². The molecule has 0 saturated carbocycles. The number of ether oxygens (including phenoxy) is 1. The van der Waals surface area contributed by atoms with Crippen LogP contribution in [0.25, 0.3) is 0 Å². The van der Waals surface area contributed by atoms with E-state index in [1.165, 1.54) is 4.90 Å². The van der Waals surface area contributed by atoms with Gasteiger partial charge in [0.15, 0.2) is 0 Å². The van der Waals surface area contributed by atoms with E-state index in [9.17, 15) is 33.6 Å². The van der Waals surface area contributed by atoms with Crippen molar-refractivity contribution in [3.63, 3.8) is 0 Å². The molecule has 0 bridgehead atoms. The lowest BCUT2D eigenvalue weighted by Gasteiger charge is -2.16. The van der Waals surface area contributed by atoms with Gasteiger partial charge in [0.1, 0.15) is 12.9 Å². The van der Waals surface area contributed by atoms with Crippen molar-refractivity contribution in [1.29, 1.82) is 0 Å². The van der Waals surface area contributed by atoms with Gasteiger partial charge in [0.05, 0.1) is 12.6 Å². The van der Waals surface area contributed by atoms with Gasteiger partial charge < -0.3 is 42.3 Å². The highest BCUT2D eigenvalue weighted by molar-refractivity contribution is 6.01. The fraction of sp³-hybridized carbons (Fsp3) is 0.594. The van der Waals surface area contributed by atoms with Gasteiger partial charge >= 0.3 is 12.1 Å². The second kappa shape index (κ2) is 27.8. The van der Waals surface area contributed by atoms with Crippen LogP contribution < -0.4 is 32.7 Å². The summed E-state index contributed by atoms with van der Waals surface area (Å²) in [6.45, 7) is 11.2. The minimum atomic E-state index is -0.809. The monoisotopic (exact) mass is 665 g/mol. The number of hydrogen-bond donors (Lipinski definition) is 6. The van der Waals surface area contributed by atoms with E-state index < -0.39 is 18.2 Å². The van der Waals surface area contributed by atoms with Crippen molar-refractivity contribution >= 4 is 47.7 Å². The first-order valence-corrected chi connectivity index (χ1v) is 15.9. The van der Waals surface area contributed by atoms with Gasteiger partial charge in [-0.15, -0.1) is 0 Å². The Labute approximate surface area is 278 Å². The van der Waals surface area contributed by atoms with Gasteiger partial charge in [0.2, 0.25) is 23.6 Å². The molecule has 0 radical (unpaired) electrons. The molecule has 1 atom stereocenters. The lowest BCUT2D eigenvalue weighted by molar-refractivity contribution is -0.138. The summed E-state index contributed by atoms with van der Waals surface area (Å²) >= 11 is 0. The number of anilines is 1. The van der Waals surface area contributed by atoms with Crippen molar-refractivity contribution in [2.24, 2.45) is 17.4 Å². The number of urea groups is 1. The zero-order valence-corrected chi connectivity index (χ0v) is 28.7. The van der Waals surface area contributed by atoms with E-state index in [0.29, 0.717) is 50.9 Å². The molecule has 266 valence electrons. The number of imide groups is 1. The number of benzene rings is 1. The Morgan fingerprint density at radius 3 is 2.00 bits per heavy atom. The largest absolute Gasteiger partial charge is 0.445 e. The smallest absolute Gasteiger partial charge is 0.404 e. The Hall–Kier alpha value is -4.53. The molecule has 7 amide bonds. The number of rotatable bonds is 16. The molecule has 47 heavy (non-hydrogen) atoms. The van der Waals surface area contributed by atoms with Crippen LogP contribution in [0.3, 0.4) is 0 Å². The highest BCUT2D eigenvalue weighted by Crippen LogP contribution is 2.13. The molecule has 1 aromatic rings. The number of amides is 7. The number of nitrogens with one attached hydrogen (secondary N) is 4. The topological polar surface area (TPSA) is 232 Å². The normalized spacial score (nSPS) is 12.2. The zero-order chi connectivity index (χ0) is 36.2. The number of hydrogen-bond acceptors (Lipinski definition) is 9. The SMILES string of the molecule is CC.CC(C)C(C=O)NC(=O)CCCCCN1C(=O)CCC1=O.CCCNC(N)=O.CNCC(=O)Nc1ccc(COC(N)=O)cc1. The van der Waals surface area contributed by atoms with Gasteiger partial charge in [0, 0.05) is 38.0 Å². The number of unbranched alkanes of at least 4 members (excludes halogenated alkanes) is 2. The van der Waals surface area contributed by atoms with Crippen molar-refractivity contribution in [2.75, 3.05) is 32.0 Å². The van der Waals surface area contributed by atoms with Crippen LogP contribution in [0.15, 0.2) is 24.3 Å². The van der Waals surface area contributed by atoms with Crippen LogP contribution in [0, 0.1) is 5.92 Å². The Kier molecular flexibility index (Phi) is 26.3. The summed E-state index contributed by atoms with van der Waals surface area (Å²) in [6, 6.07) is 6.08. The fourth-order valence-corrected chi connectivity index (χ4v) is 3.67. The molecular weight excluding hydrogens is 610 g/mol. The number of likely N-dealkylation sites (N-methyl/N-ethyl adjacent to an activating group) is 1. The summed E-state index contributed by atoms with van der Waals surface area (Å²) in [6.07, 6.45) is 4.06. The van der Waals surface area contributed by atoms with Crippen molar-refractivity contribution < 1.29 is 38.3 Å². The van der Waals surface area contributed by atoms with E-state index in [-0.39, 0.29) is 42.7 Å². The average molecular weight is 666 g/mol. The van der Waals surface area contributed by atoms with Crippen LogP contribution in [-0.2, 0) is 35.3 Å². The Morgan fingerprint density at radius 1 is 0.957 bits per heavy atom. The van der Waals surface area contributed by atoms with Crippen molar-refractivity contribution in [2.45, 2.75) is 92.2 Å². The van der Waals surface area contributed by atoms with E-state index >= 15 is 0 Å². The molecule has 1 unspecified atom stereocenters. The highest BCUT2D eigenvalue weighted by Gasteiger charge is 2.27. The molecule has 15 nitrogen and oxygen atoms in total. The van der Waals surface area contributed by atoms with Crippen molar-refractivity contribution in [3.05, 3.63) is 29.8 Å². The number of carbonyl (C=O) groups is 7. The van der Waals surface area contributed by atoms with Crippen molar-refractivity contribution in [3.8, 4) is 0 Å². The number of primary amides is 2. The maximum absolute atomic E-state index is 11.7. The summed E-state index contributed by atoms with van der Waals surface area (Å²) in [7, 11) is 1.70. The van der Waals surface area contributed by atoms with E-state index in [4.69, 9.17) is 11.5 Å². The molecule has 15 heteroatoms. The molecule has 1 heterocycles. The van der Waals surface area contributed by atoms with Crippen LogP contribution in [0.2, 0.25) is 0 Å². The highest BCUT2D eigenvalue weighted by atomic mass is 16.5. The third kappa shape index (κ3) is 23.5. The third-order valence-electron chi connectivity index (χ3n) is 6.14. The first-order chi connectivity index (χ1) is 22.3. The molecule has 1 aromatic carbocycles.